The van der Waals surface area contributed by atoms with Gasteiger partial charge in [-0.15, -0.1) is 0 Å². The van der Waals surface area contributed by atoms with Gasteiger partial charge in [0.25, 0.3) is 0 Å². The molecule has 0 atom stereocenters. The Morgan fingerprint density at radius 2 is 1.86 bits per heavy atom. The summed E-state index contributed by atoms with van der Waals surface area (Å²) < 4.78 is 53.6. The number of rotatable bonds is 8. The summed E-state index contributed by atoms with van der Waals surface area (Å²) in [6.45, 7) is 1.38. The first-order valence-corrected chi connectivity index (χ1v) is 6.47. The minimum absolute atomic E-state index is 0.200. The van der Waals surface area contributed by atoms with Crippen molar-refractivity contribution >= 4 is 17.2 Å². The highest BCUT2D eigenvalue weighted by molar-refractivity contribution is 7.80. The van der Waals surface area contributed by atoms with Crippen LogP contribution in [0.2, 0.25) is 0 Å². The van der Waals surface area contributed by atoms with Gasteiger partial charge in [-0.2, -0.15) is 13.2 Å². The average Bonchev–Trinajstić information content (AvgIpc) is 2.41. The van der Waals surface area contributed by atoms with Gasteiger partial charge in [-0.1, -0.05) is 12.2 Å². The molecule has 0 bridgehead atoms. The number of alkyl halides is 3. The Kier molecular flexibility index (Phi) is 6.86. The third-order valence-corrected chi connectivity index (χ3v) is 2.71. The van der Waals surface area contributed by atoms with Crippen LogP contribution in [-0.2, 0) is 15.7 Å². The molecule has 0 fully saturated rings. The Morgan fingerprint density at radius 1 is 1.19 bits per heavy atom. The average molecular weight is 323 g/mol. The molecule has 21 heavy (non-hydrogen) atoms. The van der Waals surface area contributed by atoms with E-state index >= 15 is 0 Å². The van der Waals surface area contributed by atoms with Crippen LogP contribution in [0.3, 0.4) is 0 Å². The fourth-order valence-electron chi connectivity index (χ4n) is 1.53. The number of ether oxygens (including phenoxy) is 3. The molecule has 1 aromatic carbocycles. The standard InChI is InChI=1S/C13H16F3NO3S/c1-18-4-5-19-6-7-20-9-2-3-11(13(14,15)16)10(8-9)12(17)21/h2-3,8H,4-7H2,1H3,(H2,17,21). The first kappa shape index (κ1) is 17.7. The molecule has 0 aliphatic heterocycles. The highest BCUT2D eigenvalue weighted by Crippen LogP contribution is 2.33. The molecule has 1 rings (SSSR count). The summed E-state index contributed by atoms with van der Waals surface area (Å²) in [5.74, 6) is 0.251. The molecule has 0 aromatic heterocycles. The van der Waals surface area contributed by atoms with E-state index in [4.69, 9.17) is 19.9 Å². The minimum atomic E-state index is -4.51. The van der Waals surface area contributed by atoms with Gasteiger partial charge in [0.2, 0.25) is 0 Å². The molecular formula is C13H16F3NO3S. The van der Waals surface area contributed by atoms with Gasteiger partial charge in [0.1, 0.15) is 17.3 Å². The Balaban J connectivity index is 2.65. The quantitative estimate of drug-likeness (QED) is 0.588. The molecule has 0 amide bonds. The lowest BCUT2D eigenvalue weighted by molar-refractivity contribution is -0.137. The van der Waals surface area contributed by atoms with E-state index in [9.17, 15) is 13.2 Å². The van der Waals surface area contributed by atoms with Crippen molar-refractivity contribution in [2.24, 2.45) is 5.73 Å². The van der Waals surface area contributed by atoms with Crippen molar-refractivity contribution in [1.29, 1.82) is 0 Å². The van der Waals surface area contributed by atoms with Crippen LogP contribution in [0, 0.1) is 0 Å². The number of hydrogen-bond acceptors (Lipinski definition) is 4. The van der Waals surface area contributed by atoms with Gasteiger partial charge < -0.3 is 19.9 Å². The summed E-state index contributed by atoms with van der Waals surface area (Å²) >= 11 is 4.64. The predicted molar refractivity (Wildman–Crippen MR) is 75.5 cm³/mol. The monoisotopic (exact) mass is 323 g/mol. The summed E-state index contributed by atoms with van der Waals surface area (Å²) in [7, 11) is 1.55. The van der Waals surface area contributed by atoms with Crippen LogP contribution in [0.15, 0.2) is 18.2 Å². The van der Waals surface area contributed by atoms with Gasteiger partial charge in [-0.05, 0) is 18.2 Å². The zero-order chi connectivity index (χ0) is 15.9. The Labute approximate surface area is 126 Å². The topological polar surface area (TPSA) is 53.7 Å². The predicted octanol–water partition coefficient (Wildman–Crippen LogP) is 2.38. The van der Waals surface area contributed by atoms with Crippen LogP contribution in [0.25, 0.3) is 0 Å². The van der Waals surface area contributed by atoms with Crippen molar-refractivity contribution in [3.63, 3.8) is 0 Å². The van der Waals surface area contributed by atoms with Crippen molar-refractivity contribution in [3.8, 4) is 5.75 Å². The fourth-order valence-corrected chi connectivity index (χ4v) is 1.70. The third-order valence-electron chi connectivity index (χ3n) is 2.49. The molecule has 118 valence electrons. The number of benzene rings is 1. The first-order chi connectivity index (χ1) is 9.86. The van der Waals surface area contributed by atoms with E-state index in [1.165, 1.54) is 12.1 Å². The molecule has 0 saturated heterocycles. The van der Waals surface area contributed by atoms with E-state index < -0.39 is 11.7 Å². The Morgan fingerprint density at radius 3 is 2.43 bits per heavy atom. The maximum atomic E-state index is 12.8. The molecule has 8 heteroatoms. The van der Waals surface area contributed by atoms with E-state index in [2.05, 4.69) is 12.2 Å². The zero-order valence-corrected chi connectivity index (χ0v) is 12.2. The van der Waals surface area contributed by atoms with E-state index in [0.29, 0.717) is 19.8 Å². The van der Waals surface area contributed by atoms with Crippen LogP contribution in [-0.4, -0.2) is 38.5 Å². The number of hydrogen-bond donors (Lipinski definition) is 1. The molecule has 0 heterocycles. The molecule has 0 aliphatic rings. The SMILES string of the molecule is COCCOCCOc1ccc(C(F)(F)F)c(C(N)=S)c1. The van der Waals surface area contributed by atoms with Crippen LogP contribution in [0.5, 0.6) is 5.75 Å². The maximum absolute atomic E-state index is 12.8. The highest BCUT2D eigenvalue weighted by atomic mass is 32.1. The van der Waals surface area contributed by atoms with E-state index in [1.54, 1.807) is 7.11 Å². The number of thiocarbonyl (C=S) groups is 1. The summed E-state index contributed by atoms with van der Waals surface area (Å²) in [6, 6.07) is 3.30. The van der Waals surface area contributed by atoms with Gasteiger partial charge in [0.05, 0.1) is 25.4 Å². The number of halogens is 3. The van der Waals surface area contributed by atoms with Crippen molar-refractivity contribution < 1.29 is 27.4 Å². The summed E-state index contributed by atoms with van der Waals surface area (Å²) in [4.78, 5) is -0.330. The molecular weight excluding hydrogens is 307 g/mol. The summed E-state index contributed by atoms with van der Waals surface area (Å²) in [5.41, 5.74) is 4.20. The lowest BCUT2D eigenvalue weighted by Gasteiger charge is -2.14. The molecule has 0 radical (unpaired) electrons. The summed E-state index contributed by atoms with van der Waals surface area (Å²) in [6.07, 6.45) is -4.51. The van der Waals surface area contributed by atoms with Crippen LogP contribution in [0.4, 0.5) is 13.2 Å². The molecule has 1 aromatic rings. The second-order valence-electron chi connectivity index (χ2n) is 4.02. The van der Waals surface area contributed by atoms with Crippen molar-refractivity contribution in [2.45, 2.75) is 6.18 Å². The molecule has 0 spiro atoms. The largest absolute Gasteiger partial charge is 0.491 e. The maximum Gasteiger partial charge on any atom is 0.417 e. The lowest BCUT2D eigenvalue weighted by atomic mass is 10.1. The van der Waals surface area contributed by atoms with Crippen molar-refractivity contribution in [2.75, 3.05) is 33.5 Å². The number of methoxy groups -OCH3 is 1. The minimum Gasteiger partial charge on any atom is -0.491 e. The second kappa shape index (κ2) is 8.16. The van der Waals surface area contributed by atoms with Gasteiger partial charge in [-0.3, -0.25) is 0 Å². The number of nitrogens with two attached hydrogens (primary N) is 1. The van der Waals surface area contributed by atoms with Gasteiger partial charge in [-0.25, -0.2) is 0 Å². The Hall–Kier alpha value is -1.38. The van der Waals surface area contributed by atoms with Crippen LogP contribution < -0.4 is 10.5 Å². The molecule has 4 nitrogen and oxygen atoms in total. The van der Waals surface area contributed by atoms with Crippen molar-refractivity contribution in [1.82, 2.24) is 0 Å². The Bertz CT molecular complexity index is 480. The zero-order valence-electron chi connectivity index (χ0n) is 11.4. The second-order valence-corrected chi connectivity index (χ2v) is 4.46. The first-order valence-electron chi connectivity index (χ1n) is 6.06. The smallest absolute Gasteiger partial charge is 0.417 e. The lowest BCUT2D eigenvalue weighted by Crippen LogP contribution is -2.18. The fraction of sp³-hybridized carbons (Fsp3) is 0.462. The third kappa shape index (κ3) is 5.86. The van der Waals surface area contributed by atoms with Crippen molar-refractivity contribution in [3.05, 3.63) is 29.3 Å². The van der Waals surface area contributed by atoms with E-state index in [1.807, 2.05) is 0 Å². The van der Waals surface area contributed by atoms with E-state index in [-0.39, 0.29) is 22.9 Å². The molecule has 0 aliphatic carbocycles. The van der Waals surface area contributed by atoms with Gasteiger partial charge in [0, 0.05) is 12.7 Å². The highest BCUT2D eigenvalue weighted by Gasteiger charge is 2.34. The van der Waals surface area contributed by atoms with E-state index in [0.717, 1.165) is 6.07 Å². The molecule has 0 saturated carbocycles. The van der Waals surface area contributed by atoms with Gasteiger partial charge in [0.15, 0.2) is 0 Å². The normalized spacial score (nSPS) is 11.4. The molecule has 2 N–H and O–H groups in total. The molecule has 0 unspecified atom stereocenters. The van der Waals surface area contributed by atoms with Crippen LogP contribution in [0.1, 0.15) is 11.1 Å². The summed E-state index contributed by atoms with van der Waals surface area (Å²) in [5, 5.41) is 0. The van der Waals surface area contributed by atoms with Gasteiger partial charge >= 0.3 is 6.18 Å². The van der Waals surface area contributed by atoms with Crippen LogP contribution >= 0.6 is 12.2 Å².